The molecule has 3 heteroatoms. The van der Waals surface area contributed by atoms with E-state index in [-0.39, 0.29) is 0 Å². The van der Waals surface area contributed by atoms with Crippen molar-refractivity contribution >= 4 is 49.1 Å². The maximum absolute atomic E-state index is 4.74. The monoisotopic (exact) mass is 319 g/mol. The Morgan fingerprint density at radius 1 is 0.600 bits per heavy atom. The number of rotatable bonds is 0. The molecule has 0 bridgehead atoms. The second kappa shape index (κ2) is 4.54. The molecule has 0 atom stereocenters. The molecule has 0 saturated heterocycles. The molecule has 3 nitrogen and oxygen atoms in total. The van der Waals surface area contributed by atoms with E-state index in [4.69, 9.17) is 4.98 Å². The van der Waals surface area contributed by atoms with Crippen LogP contribution in [0, 0.1) is 0 Å². The summed E-state index contributed by atoms with van der Waals surface area (Å²) in [4.78, 5) is 9.41. The molecule has 0 aliphatic rings. The highest BCUT2D eigenvalue weighted by Crippen LogP contribution is 2.35. The number of hydrogen-bond donors (Lipinski definition) is 0. The summed E-state index contributed by atoms with van der Waals surface area (Å²) in [6, 6.07) is 23.3. The predicted molar refractivity (Wildman–Crippen MR) is 103 cm³/mol. The summed E-state index contributed by atoms with van der Waals surface area (Å²) in [5, 5.41) is 4.70. The van der Waals surface area contributed by atoms with Crippen molar-refractivity contribution < 1.29 is 0 Å². The molecule has 116 valence electrons. The lowest BCUT2D eigenvalue weighted by atomic mass is 10.0. The largest absolute Gasteiger partial charge is 0.307 e. The van der Waals surface area contributed by atoms with Crippen LogP contribution in [-0.4, -0.2) is 14.4 Å². The van der Waals surface area contributed by atoms with Crippen molar-refractivity contribution in [3.05, 3.63) is 79.1 Å². The highest BCUT2D eigenvalue weighted by molar-refractivity contribution is 6.22. The fourth-order valence-corrected chi connectivity index (χ4v) is 3.98. The second-order valence-electron chi connectivity index (χ2n) is 6.36. The molecule has 0 radical (unpaired) electrons. The Morgan fingerprint density at radius 3 is 2.32 bits per heavy atom. The van der Waals surface area contributed by atoms with Crippen LogP contribution in [0.4, 0.5) is 0 Å². The quantitative estimate of drug-likeness (QED) is 0.354. The zero-order chi connectivity index (χ0) is 16.4. The normalized spacial score (nSPS) is 12.0. The van der Waals surface area contributed by atoms with E-state index in [2.05, 4.69) is 64.0 Å². The molecule has 25 heavy (non-hydrogen) atoms. The minimum Gasteiger partial charge on any atom is -0.307 e. The lowest BCUT2D eigenvalue weighted by molar-refractivity contribution is 1.31. The average molecular weight is 319 g/mol. The predicted octanol–water partition coefficient (Wildman–Crippen LogP) is 5.34. The molecular weight excluding hydrogens is 306 g/mol. The van der Waals surface area contributed by atoms with E-state index in [1.165, 1.54) is 21.8 Å². The molecule has 0 saturated carbocycles. The van der Waals surface area contributed by atoms with E-state index in [1.807, 2.05) is 24.5 Å². The standard InChI is InChI=1S/C22H13N3/c1-2-7-17-15(5-1)13-19-16-10-9-14-6-3-11-23-21(14)20(16)22-18(25(17)19)8-4-12-24-22/h1-13H. The van der Waals surface area contributed by atoms with Gasteiger partial charge in [0.25, 0.3) is 0 Å². The summed E-state index contributed by atoms with van der Waals surface area (Å²) >= 11 is 0. The number of nitrogens with zero attached hydrogens (tertiary/aromatic N) is 3. The number of hydrogen-bond acceptors (Lipinski definition) is 2. The molecule has 0 fully saturated rings. The molecule has 0 unspecified atom stereocenters. The third-order valence-corrected chi connectivity index (χ3v) is 5.03. The maximum atomic E-state index is 4.74. The lowest BCUT2D eigenvalue weighted by Crippen LogP contribution is -1.93. The Labute approximate surface area is 143 Å². The molecule has 6 aromatic rings. The number of benzene rings is 2. The molecular formula is C22H13N3. The van der Waals surface area contributed by atoms with Gasteiger partial charge in [0.05, 0.1) is 27.6 Å². The fraction of sp³-hybridized carbons (Fsp3) is 0. The van der Waals surface area contributed by atoms with Crippen molar-refractivity contribution in [2.75, 3.05) is 0 Å². The van der Waals surface area contributed by atoms with Gasteiger partial charge in [0, 0.05) is 33.9 Å². The van der Waals surface area contributed by atoms with Crippen LogP contribution in [0.5, 0.6) is 0 Å². The SMILES string of the molecule is c1cnc2c(c1)ccc1c2c2ncccc2n2c3ccccc3cc12. The van der Waals surface area contributed by atoms with Gasteiger partial charge in [-0.3, -0.25) is 9.97 Å². The molecule has 0 aliphatic carbocycles. The third-order valence-electron chi connectivity index (χ3n) is 5.03. The van der Waals surface area contributed by atoms with E-state index in [0.717, 1.165) is 27.3 Å². The first-order valence-electron chi connectivity index (χ1n) is 8.36. The zero-order valence-corrected chi connectivity index (χ0v) is 13.3. The van der Waals surface area contributed by atoms with Crippen molar-refractivity contribution in [1.82, 2.24) is 14.4 Å². The first-order valence-corrected chi connectivity index (χ1v) is 8.36. The number of aromatic nitrogens is 3. The van der Waals surface area contributed by atoms with Gasteiger partial charge < -0.3 is 4.40 Å². The van der Waals surface area contributed by atoms with Gasteiger partial charge >= 0.3 is 0 Å². The van der Waals surface area contributed by atoms with E-state index in [0.29, 0.717) is 0 Å². The van der Waals surface area contributed by atoms with Crippen LogP contribution in [0.2, 0.25) is 0 Å². The van der Waals surface area contributed by atoms with Crippen LogP contribution >= 0.6 is 0 Å². The van der Waals surface area contributed by atoms with E-state index >= 15 is 0 Å². The van der Waals surface area contributed by atoms with E-state index in [9.17, 15) is 0 Å². The highest BCUT2D eigenvalue weighted by Gasteiger charge is 2.14. The number of fused-ring (bicyclic) bond motifs is 10. The van der Waals surface area contributed by atoms with Gasteiger partial charge in [-0.1, -0.05) is 36.4 Å². The fourth-order valence-electron chi connectivity index (χ4n) is 3.98. The first-order chi connectivity index (χ1) is 12.4. The Kier molecular flexibility index (Phi) is 2.35. The summed E-state index contributed by atoms with van der Waals surface area (Å²) in [7, 11) is 0. The topological polar surface area (TPSA) is 30.2 Å². The van der Waals surface area contributed by atoms with Gasteiger partial charge in [-0.2, -0.15) is 0 Å². The minimum absolute atomic E-state index is 0.996. The minimum atomic E-state index is 0.996. The summed E-state index contributed by atoms with van der Waals surface area (Å²) in [6.07, 6.45) is 3.72. The van der Waals surface area contributed by atoms with Crippen LogP contribution < -0.4 is 0 Å². The first kappa shape index (κ1) is 12.9. The number of pyridine rings is 3. The molecule has 4 heterocycles. The van der Waals surface area contributed by atoms with E-state index in [1.54, 1.807) is 0 Å². The smallest absolute Gasteiger partial charge is 0.0971 e. The Hall–Kier alpha value is -3.46. The van der Waals surface area contributed by atoms with Crippen molar-refractivity contribution in [2.45, 2.75) is 0 Å². The van der Waals surface area contributed by atoms with Gasteiger partial charge in [0.2, 0.25) is 0 Å². The third kappa shape index (κ3) is 1.59. The second-order valence-corrected chi connectivity index (χ2v) is 6.36. The van der Waals surface area contributed by atoms with Crippen molar-refractivity contribution in [1.29, 1.82) is 0 Å². The zero-order valence-electron chi connectivity index (χ0n) is 13.3. The van der Waals surface area contributed by atoms with Gasteiger partial charge in [-0.15, -0.1) is 0 Å². The lowest BCUT2D eigenvalue weighted by Gasteiger charge is -2.11. The van der Waals surface area contributed by atoms with Crippen LogP contribution in [-0.2, 0) is 0 Å². The van der Waals surface area contributed by atoms with Gasteiger partial charge in [-0.05, 0) is 30.3 Å². The molecule has 0 aliphatic heterocycles. The van der Waals surface area contributed by atoms with Gasteiger partial charge in [0.15, 0.2) is 0 Å². The Morgan fingerprint density at radius 2 is 1.36 bits per heavy atom. The molecule has 0 spiro atoms. The van der Waals surface area contributed by atoms with E-state index < -0.39 is 0 Å². The summed E-state index contributed by atoms with van der Waals surface area (Å²) in [5.41, 5.74) is 5.53. The molecule has 4 aromatic heterocycles. The van der Waals surface area contributed by atoms with Crippen molar-refractivity contribution in [2.24, 2.45) is 0 Å². The molecule has 0 amide bonds. The van der Waals surface area contributed by atoms with Crippen LogP contribution in [0.1, 0.15) is 0 Å². The molecule has 2 aromatic carbocycles. The summed E-state index contributed by atoms with van der Waals surface area (Å²) in [5.74, 6) is 0. The van der Waals surface area contributed by atoms with Crippen molar-refractivity contribution in [3.63, 3.8) is 0 Å². The highest BCUT2D eigenvalue weighted by atomic mass is 14.9. The molecule has 0 N–H and O–H groups in total. The number of para-hydroxylation sites is 1. The van der Waals surface area contributed by atoms with Crippen LogP contribution in [0.25, 0.3) is 49.1 Å². The van der Waals surface area contributed by atoms with Gasteiger partial charge in [0.1, 0.15) is 0 Å². The summed E-state index contributed by atoms with van der Waals surface area (Å²) in [6.45, 7) is 0. The van der Waals surface area contributed by atoms with Crippen LogP contribution in [0.3, 0.4) is 0 Å². The maximum Gasteiger partial charge on any atom is 0.0971 e. The average Bonchev–Trinajstić information content (AvgIpc) is 3.07. The molecule has 6 rings (SSSR count). The van der Waals surface area contributed by atoms with Gasteiger partial charge in [-0.25, -0.2) is 0 Å². The Bertz CT molecular complexity index is 1440. The Balaban J connectivity index is 2.06. The summed E-state index contributed by atoms with van der Waals surface area (Å²) < 4.78 is 2.31. The van der Waals surface area contributed by atoms with Crippen LogP contribution in [0.15, 0.2) is 79.1 Å². The van der Waals surface area contributed by atoms with Crippen molar-refractivity contribution in [3.8, 4) is 0 Å².